The van der Waals surface area contributed by atoms with E-state index in [0.717, 1.165) is 5.56 Å². The van der Waals surface area contributed by atoms with Crippen molar-refractivity contribution in [2.24, 2.45) is 0 Å². The van der Waals surface area contributed by atoms with Crippen LogP contribution >= 0.6 is 0 Å². The average molecular weight is 355 g/mol. The molecule has 8 heteroatoms. The first kappa shape index (κ1) is 17.4. The molecule has 134 valence electrons. The lowest BCUT2D eigenvalue weighted by Crippen LogP contribution is -2.41. The Balaban J connectivity index is 1.79. The third-order valence-electron chi connectivity index (χ3n) is 4.04. The summed E-state index contributed by atoms with van der Waals surface area (Å²) in [7, 11) is 0. The molecule has 0 aliphatic carbocycles. The maximum Gasteiger partial charge on any atom is 0.331 e. The minimum absolute atomic E-state index is 0.0439. The molecule has 0 saturated carbocycles. The van der Waals surface area contributed by atoms with Gasteiger partial charge >= 0.3 is 5.97 Å². The van der Waals surface area contributed by atoms with Crippen molar-refractivity contribution in [3.63, 3.8) is 0 Å². The molecule has 0 atom stereocenters. The quantitative estimate of drug-likeness (QED) is 0.391. The number of nitro groups is 1. The zero-order chi connectivity index (χ0) is 18.8. The van der Waals surface area contributed by atoms with Crippen LogP contribution < -0.4 is 15.0 Å². The normalized spacial score (nSPS) is 13.0. The van der Waals surface area contributed by atoms with E-state index in [2.05, 4.69) is 5.32 Å². The SMILES string of the molecule is Cc1ccc2c(c1)N(CC(=O)Nc1cc([N+](=O)[O-])ccc1C)CC(=O)O2. The lowest BCUT2D eigenvalue weighted by Gasteiger charge is -2.29. The number of benzene rings is 2. The van der Waals surface area contributed by atoms with Gasteiger partial charge in [0.25, 0.3) is 5.69 Å². The van der Waals surface area contributed by atoms with Crippen molar-refractivity contribution in [3.8, 4) is 5.75 Å². The van der Waals surface area contributed by atoms with E-state index in [4.69, 9.17) is 4.74 Å². The third-order valence-corrected chi connectivity index (χ3v) is 4.04. The number of aryl methyl sites for hydroxylation is 2. The van der Waals surface area contributed by atoms with E-state index >= 15 is 0 Å². The van der Waals surface area contributed by atoms with Gasteiger partial charge < -0.3 is 15.0 Å². The maximum absolute atomic E-state index is 12.4. The van der Waals surface area contributed by atoms with Crippen LogP contribution in [0.25, 0.3) is 0 Å². The van der Waals surface area contributed by atoms with Crippen LogP contribution in [0, 0.1) is 24.0 Å². The van der Waals surface area contributed by atoms with Crippen LogP contribution in [0.4, 0.5) is 17.1 Å². The molecule has 1 N–H and O–H groups in total. The molecule has 1 amide bonds. The van der Waals surface area contributed by atoms with E-state index in [1.807, 2.05) is 19.1 Å². The number of esters is 1. The zero-order valence-electron chi connectivity index (χ0n) is 14.3. The minimum atomic E-state index is -0.519. The molecule has 2 aromatic carbocycles. The van der Waals surface area contributed by atoms with E-state index in [1.54, 1.807) is 24.0 Å². The monoisotopic (exact) mass is 355 g/mol. The fourth-order valence-electron chi connectivity index (χ4n) is 2.72. The highest BCUT2D eigenvalue weighted by Gasteiger charge is 2.26. The van der Waals surface area contributed by atoms with Gasteiger partial charge in [-0.15, -0.1) is 0 Å². The van der Waals surface area contributed by atoms with Crippen LogP contribution in [0.5, 0.6) is 5.75 Å². The highest BCUT2D eigenvalue weighted by atomic mass is 16.6. The van der Waals surface area contributed by atoms with Crippen LogP contribution in [-0.2, 0) is 9.59 Å². The van der Waals surface area contributed by atoms with Gasteiger partial charge in [0.05, 0.1) is 22.8 Å². The summed E-state index contributed by atoms with van der Waals surface area (Å²) in [6.45, 7) is 3.53. The van der Waals surface area contributed by atoms with E-state index in [0.29, 0.717) is 22.7 Å². The number of anilines is 2. The Morgan fingerprint density at radius 3 is 2.77 bits per heavy atom. The Morgan fingerprint density at radius 1 is 1.27 bits per heavy atom. The Morgan fingerprint density at radius 2 is 2.04 bits per heavy atom. The van der Waals surface area contributed by atoms with Crippen LogP contribution in [0.15, 0.2) is 36.4 Å². The summed E-state index contributed by atoms with van der Waals surface area (Å²) in [5.41, 5.74) is 2.61. The summed E-state index contributed by atoms with van der Waals surface area (Å²) < 4.78 is 5.19. The number of nitrogens with zero attached hydrogens (tertiary/aromatic N) is 2. The fourth-order valence-corrected chi connectivity index (χ4v) is 2.72. The number of nitrogens with one attached hydrogen (secondary N) is 1. The Kier molecular flexibility index (Phi) is 4.57. The second-order valence-corrected chi connectivity index (χ2v) is 6.11. The van der Waals surface area contributed by atoms with Gasteiger partial charge in [0.1, 0.15) is 6.54 Å². The van der Waals surface area contributed by atoms with Crippen molar-refractivity contribution in [1.82, 2.24) is 0 Å². The molecule has 0 radical (unpaired) electrons. The van der Waals surface area contributed by atoms with E-state index in [1.165, 1.54) is 12.1 Å². The number of ether oxygens (including phenoxy) is 1. The molecule has 3 rings (SSSR count). The Hall–Kier alpha value is -3.42. The molecule has 2 aromatic rings. The average Bonchev–Trinajstić information content (AvgIpc) is 2.57. The summed E-state index contributed by atoms with van der Waals surface area (Å²) in [5.74, 6) is -0.414. The standard InChI is InChI=1S/C18H17N3O5/c1-11-3-6-16-15(7-11)20(10-18(23)26-16)9-17(22)19-14-8-13(21(24)25)5-4-12(14)2/h3-8H,9-10H2,1-2H3,(H,19,22). The lowest BCUT2D eigenvalue weighted by atomic mass is 10.1. The highest BCUT2D eigenvalue weighted by Crippen LogP contribution is 2.32. The molecule has 0 fully saturated rings. The second kappa shape index (κ2) is 6.83. The van der Waals surface area contributed by atoms with Gasteiger partial charge in [-0.3, -0.25) is 14.9 Å². The second-order valence-electron chi connectivity index (χ2n) is 6.11. The molecule has 0 spiro atoms. The number of nitro benzene ring substituents is 1. The molecule has 8 nitrogen and oxygen atoms in total. The zero-order valence-corrected chi connectivity index (χ0v) is 14.3. The summed E-state index contributed by atoms with van der Waals surface area (Å²) in [6.07, 6.45) is 0. The first-order valence-corrected chi connectivity index (χ1v) is 7.94. The summed E-state index contributed by atoms with van der Waals surface area (Å²) in [6, 6.07) is 9.62. The van der Waals surface area contributed by atoms with Gasteiger partial charge in [-0.05, 0) is 37.1 Å². The van der Waals surface area contributed by atoms with Gasteiger partial charge in [-0.25, -0.2) is 4.79 Å². The van der Waals surface area contributed by atoms with Crippen LogP contribution in [0.3, 0.4) is 0 Å². The van der Waals surface area contributed by atoms with Gasteiger partial charge in [0, 0.05) is 12.1 Å². The number of carbonyl (C=O) groups excluding carboxylic acids is 2. The number of fused-ring (bicyclic) bond motifs is 1. The van der Waals surface area contributed by atoms with Crippen molar-refractivity contribution in [3.05, 3.63) is 57.6 Å². The van der Waals surface area contributed by atoms with Crippen molar-refractivity contribution in [2.45, 2.75) is 13.8 Å². The predicted molar refractivity (Wildman–Crippen MR) is 95.5 cm³/mol. The molecule has 0 unspecified atom stereocenters. The van der Waals surface area contributed by atoms with Crippen LogP contribution in [-0.4, -0.2) is 29.9 Å². The number of amides is 1. The Bertz CT molecular complexity index is 910. The number of hydrogen-bond donors (Lipinski definition) is 1. The maximum atomic E-state index is 12.4. The molecular formula is C18H17N3O5. The molecule has 26 heavy (non-hydrogen) atoms. The molecule has 1 aliphatic heterocycles. The molecule has 0 aromatic heterocycles. The van der Waals surface area contributed by atoms with E-state index in [-0.39, 0.29) is 24.7 Å². The number of non-ortho nitro benzene ring substituents is 1. The molecule has 0 saturated heterocycles. The molecule has 0 bridgehead atoms. The fraction of sp³-hybridized carbons (Fsp3) is 0.222. The van der Waals surface area contributed by atoms with Crippen molar-refractivity contribution < 1.29 is 19.2 Å². The summed E-state index contributed by atoms with van der Waals surface area (Å²) in [4.78, 5) is 36.2. The molecule has 1 aliphatic rings. The highest BCUT2D eigenvalue weighted by molar-refractivity contribution is 5.97. The minimum Gasteiger partial charge on any atom is -0.423 e. The van der Waals surface area contributed by atoms with Gasteiger partial charge in [0.15, 0.2) is 5.75 Å². The smallest absolute Gasteiger partial charge is 0.331 e. The van der Waals surface area contributed by atoms with Gasteiger partial charge in [-0.2, -0.15) is 0 Å². The molecular weight excluding hydrogens is 338 g/mol. The number of carbonyl (C=O) groups is 2. The summed E-state index contributed by atoms with van der Waals surface area (Å²) in [5, 5.41) is 13.6. The van der Waals surface area contributed by atoms with Crippen LogP contribution in [0.2, 0.25) is 0 Å². The lowest BCUT2D eigenvalue weighted by molar-refractivity contribution is -0.384. The van der Waals surface area contributed by atoms with E-state index < -0.39 is 10.9 Å². The van der Waals surface area contributed by atoms with Gasteiger partial charge in [0.2, 0.25) is 5.91 Å². The van der Waals surface area contributed by atoms with Gasteiger partial charge in [-0.1, -0.05) is 12.1 Å². The topological polar surface area (TPSA) is 102 Å². The largest absolute Gasteiger partial charge is 0.423 e. The van der Waals surface area contributed by atoms with Crippen molar-refractivity contribution in [1.29, 1.82) is 0 Å². The molecule has 1 heterocycles. The third kappa shape index (κ3) is 3.64. The van der Waals surface area contributed by atoms with Crippen LogP contribution in [0.1, 0.15) is 11.1 Å². The number of rotatable bonds is 4. The first-order chi connectivity index (χ1) is 12.3. The summed E-state index contributed by atoms with van der Waals surface area (Å²) >= 11 is 0. The Labute approximate surface area is 149 Å². The number of hydrogen-bond acceptors (Lipinski definition) is 6. The van der Waals surface area contributed by atoms with Crippen molar-refractivity contribution >= 4 is 28.9 Å². The first-order valence-electron chi connectivity index (χ1n) is 7.94. The predicted octanol–water partition coefficient (Wildman–Crippen LogP) is 2.58. The van der Waals surface area contributed by atoms with Crippen molar-refractivity contribution in [2.75, 3.05) is 23.3 Å². The van der Waals surface area contributed by atoms with E-state index in [9.17, 15) is 19.7 Å².